The van der Waals surface area contributed by atoms with Gasteiger partial charge < -0.3 is 14.2 Å². The predicted octanol–water partition coefficient (Wildman–Crippen LogP) is 2.08. The van der Waals surface area contributed by atoms with E-state index in [0.29, 0.717) is 29.7 Å². The third-order valence-corrected chi connectivity index (χ3v) is 4.67. The Labute approximate surface area is 146 Å². The van der Waals surface area contributed by atoms with E-state index < -0.39 is 0 Å². The summed E-state index contributed by atoms with van der Waals surface area (Å²) in [6.07, 6.45) is 0.256. The Balaban J connectivity index is 1.82. The number of fused-ring (bicyclic) bond motifs is 1. The number of carbonyl (C=O) groups is 1. The van der Waals surface area contributed by atoms with Gasteiger partial charge in [-0.1, -0.05) is 21.0 Å². The van der Waals surface area contributed by atoms with Gasteiger partial charge >= 0.3 is 5.97 Å². The lowest BCUT2D eigenvalue weighted by Crippen LogP contribution is -2.29. The van der Waals surface area contributed by atoms with Crippen LogP contribution in [0.5, 0.6) is 11.6 Å². The van der Waals surface area contributed by atoms with Crippen molar-refractivity contribution in [2.75, 3.05) is 20.8 Å². The van der Waals surface area contributed by atoms with E-state index in [1.165, 1.54) is 7.11 Å². The van der Waals surface area contributed by atoms with Crippen molar-refractivity contribution < 1.29 is 19.0 Å². The predicted molar refractivity (Wildman–Crippen MR) is 92.4 cm³/mol. The van der Waals surface area contributed by atoms with Crippen LogP contribution >= 0.6 is 21.0 Å². The van der Waals surface area contributed by atoms with Crippen molar-refractivity contribution in [2.45, 2.75) is 18.6 Å². The van der Waals surface area contributed by atoms with Crippen LogP contribution in [-0.4, -0.2) is 53.5 Å². The SMILES string of the molecule is COC(=O)[C@@H]1C[C@@H](Oc2nc3cc(OC)ccc3nc2Cl)CN1P. The molecular weight excluding hydrogens is 353 g/mol. The van der Waals surface area contributed by atoms with Gasteiger partial charge in [-0.25, -0.2) is 9.97 Å². The van der Waals surface area contributed by atoms with E-state index in [-0.39, 0.29) is 29.1 Å². The molecule has 1 aliphatic rings. The summed E-state index contributed by atoms with van der Waals surface area (Å²) < 4.78 is 17.7. The summed E-state index contributed by atoms with van der Waals surface area (Å²) in [6.45, 7) is 0.540. The van der Waals surface area contributed by atoms with Gasteiger partial charge in [0.2, 0.25) is 0 Å². The Morgan fingerprint density at radius 2 is 2.12 bits per heavy atom. The Hall–Kier alpha value is -1.69. The van der Waals surface area contributed by atoms with E-state index in [4.69, 9.17) is 25.8 Å². The second-order valence-electron chi connectivity index (χ2n) is 5.39. The molecule has 0 bridgehead atoms. The van der Waals surface area contributed by atoms with Gasteiger partial charge in [0.25, 0.3) is 5.88 Å². The molecule has 1 aromatic heterocycles. The van der Waals surface area contributed by atoms with Gasteiger partial charge in [-0.15, -0.1) is 0 Å². The second-order valence-corrected chi connectivity index (χ2v) is 6.41. The highest BCUT2D eigenvalue weighted by atomic mass is 35.5. The summed E-state index contributed by atoms with van der Waals surface area (Å²) in [7, 11) is 5.47. The van der Waals surface area contributed by atoms with E-state index in [0.717, 1.165) is 0 Å². The zero-order valence-electron chi connectivity index (χ0n) is 13.2. The molecule has 1 saturated heterocycles. The van der Waals surface area contributed by atoms with Crippen molar-refractivity contribution in [2.24, 2.45) is 0 Å². The molecule has 2 aromatic rings. The third kappa shape index (κ3) is 3.38. The minimum Gasteiger partial charge on any atom is -0.497 e. The van der Waals surface area contributed by atoms with Crippen molar-refractivity contribution in [3.05, 3.63) is 23.4 Å². The maximum atomic E-state index is 11.7. The van der Waals surface area contributed by atoms with Gasteiger partial charge in [0.1, 0.15) is 17.9 Å². The lowest BCUT2D eigenvalue weighted by atomic mass is 10.2. The van der Waals surface area contributed by atoms with Gasteiger partial charge in [0, 0.05) is 19.0 Å². The molecular formula is C15H17ClN3O4P. The number of benzene rings is 1. The number of aromatic nitrogens is 2. The van der Waals surface area contributed by atoms with Crippen LogP contribution in [0.4, 0.5) is 0 Å². The molecule has 24 heavy (non-hydrogen) atoms. The quantitative estimate of drug-likeness (QED) is 0.603. The molecule has 1 aromatic carbocycles. The van der Waals surface area contributed by atoms with Gasteiger partial charge in [-0.2, -0.15) is 0 Å². The number of halogens is 1. The number of esters is 1. The number of hydrogen-bond donors (Lipinski definition) is 0. The average molecular weight is 370 g/mol. The van der Waals surface area contributed by atoms with Crippen molar-refractivity contribution in [3.8, 4) is 11.6 Å². The molecule has 1 aliphatic heterocycles. The molecule has 2 heterocycles. The molecule has 0 N–H and O–H groups in total. The topological polar surface area (TPSA) is 73.8 Å². The van der Waals surface area contributed by atoms with Gasteiger partial charge in [-0.05, 0) is 12.1 Å². The monoisotopic (exact) mass is 369 g/mol. The summed E-state index contributed by atoms with van der Waals surface area (Å²) >= 11 is 6.18. The minimum absolute atomic E-state index is 0.185. The third-order valence-electron chi connectivity index (χ3n) is 3.85. The molecule has 3 rings (SSSR count). The van der Waals surface area contributed by atoms with E-state index in [2.05, 4.69) is 19.4 Å². The van der Waals surface area contributed by atoms with Crippen LogP contribution in [0.25, 0.3) is 11.0 Å². The Morgan fingerprint density at radius 1 is 1.33 bits per heavy atom. The van der Waals surface area contributed by atoms with Crippen LogP contribution in [0, 0.1) is 0 Å². The summed E-state index contributed by atoms with van der Waals surface area (Å²) in [6, 6.07) is 4.97. The maximum absolute atomic E-state index is 11.7. The molecule has 7 nitrogen and oxygen atoms in total. The van der Waals surface area contributed by atoms with Crippen molar-refractivity contribution in [1.82, 2.24) is 14.6 Å². The molecule has 1 fully saturated rings. The summed E-state index contributed by atoms with van der Waals surface area (Å²) in [5, 5.41) is 0.185. The highest BCUT2D eigenvalue weighted by molar-refractivity contribution is 7.13. The molecule has 1 unspecified atom stereocenters. The summed E-state index contributed by atoms with van der Waals surface area (Å²) in [4.78, 5) is 20.5. The van der Waals surface area contributed by atoms with Crippen molar-refractivity contribution in [3.63, 3.8) is 0 Å². The van der Waals surface area contributed by atoms with E-state index in [9.17, 15) is 4.79 Å². The molecule has 0 spiro atoms. The largest absolute Gasteiger partial charge is 0.497 e. The van der Waals surface area contributed by atoms with Crippen LogP contribution in [0.15, 0.2) is 18.2 Å². The van der Waals surface area contributed by atoms with E-state index >= 15 is 0 Å². The summed E-state index contributed by atoms with van der Waals surface area (Å²) in [5.74, 6) is 0.621. The first kappa shape index (κ1) is 17.1. The molecule has 9 heteroatoms. The van der Waals surface area contributed by atoms with Crippen LogP contribution in [0.3, 0.4) is 0 Å². The fourth-order valence-corrected chi connectivity index (χ4v) is 3.29. The number of rotatable bonds is 4. The van der Waals surface area contributed by atoms with Gasteiger partial charge in [-0.3, -0.25) is 9.46 Å². The zero-order valence-corrected chi connectivity index (χ0v) is 15.1. The normalized spacial score (nSPS) is 21.0. The zero-order chi connectivity index (χ0) is 17.3. The van der Waals surface area contributed by atoms with Crippen molar-refractivity contribution >= 4 is 38.0 Å². The number of carbonyl (C=O) groups excluding carboxylic acids is 1. The molecule has 0 aliphatic carbocycles. The fraction of sp³-hybridized carbons (Fsp3) is 0.400. The van der Waals surface area contributed by atoms with E-state index in [1.807, 2.05) is 4.67 Å². The highest BCUT2D eigenvalue weighted by Gasteiger charge is 2.37. The highest BCUT2D eigenvalue weighted by Crippen LogP contribution is 2.30. The molecule has 0 amide bonds. The Bertz CT molecular complexity index is 776. The molecule has 3 atom stereocenters. The Morgan fingerprint density at radius 3 is 2.83 bits per heavy atom. The second kappa shape index (κ2) is 7.05. The fourth-order valence-electron chi connectivity index (χ4n) is 2.63. The first-order chi connectivity index (χ1) is 11.5. The lowest BCUT2D eigenvalue weighted by molar-refractivity contribution is -0.144. The lowest BCUT2D eigenvalue weighted by Gasteiger charge is -2.14. The minimum atomic E-state index is -0.364. The maximum Gasteiger partial charge on any atom is 0.323 e. The standard InChI is InChI=1S/C15H17ClN3O4P/c1-21-8-3-4-10-11(5-8)18-14(13(16)17-10)23-9-6-12(15(20)22-2)19(24)7-9/h3-5,9,12H,6-7,24H2,1-2H3/t9-,12+/m1/s1. The van der Waals surface area contributed by atoms with Crippen molar-refractivity contribution in [1.29, 1.82) is 0 Å². The smallest absolute Gasteiger partial charge is 0.323 e. The first-order valence-corrected chi connectivity index (χ1v) is 8.18. The Kier molecular flexibility index (Phi) is 5.04. The van der Waals surface area contributed by atoms with Crippen LogP contribution in [0.1, 0.15) is 6.42 Å². The van der Waals surface area contributed by atoms with Crippen LogP contribution in [-0.2, 0) is 9.53 Å². The van der Waals surface area contributed by atoms with Crippen LogP contribution in [0.2, 0.25) is 5.15 Å². The van der Waals surface area contributed by atoms with Gasteiger partial charge in [0.05, 0.1) is 25.3 Å². The molecule has 0 radical (unpaired) electrons. The van der Waals surface area contributed by atoms with E-state index in [1.54, 1.807) is 25.3 Å². The molecule has 128 valence electrons. The number of hydrogen-bond acceptors (Lipinski definition) is 7. The number of methoxy groups -OCH3 is 2. The number of nitrogens with zero attached hydrogens (tertiary/aromatic N) is 3. The van der Waals surface area contributed by atoms with Gasteiger partial charge in [0.15, 0.2) is 5.15 Å². The van der Waals surface area contributed by atoms with Crippen LogP contribution < -0.4 is 9.47 Å². The first-order valence-electron chi connectivity index (χ1n) is 7.29. The molecule has 0 saturated carbocycles. The average Bonchev–Trinajstić information content (AvgIpc) is 2.94. The summed E-state index contributed by atoms with van der Waals surface area (Å²) in [5.41, 5.74) is 1.28. The number of ether oxygens (including phenoxy) is 3.